The summed E-state index contributed by atoms with van der Waals surface area (Å²) in [7, 11) is 4.22. The van der Waals surface area contributed by atoms with Crippen molar-refractivity contribution in [2.75, 3.05) is 27.3 Å². The highest BCUT2D eigenvalue weighted by molar-refractivity contribution is 5.74. The second kappa shape index (κ2) is 16.4. The molecule has 2 aromatic rings. The zero-order chi connectivity index (χ0) is 25.4. The number of unbranched alkanes of at least 4 members (excludes halogenated alkanes) is 6. The predicted octanol–water partition coefficient (Wildman–Crippen LogP) is 7.35. The molecule has 0 saturated heterocycles. The van der Waals surface area contributed by atoms with E-state index < -0.39 is 0 Å². The molecule has 2 aromatic carbocycles. The number of para-hydroxylation sites is 1. The largest absolute Gasteiger partial charge is 0.493 e. The van der Waals surface area contributed by atoms with Gasteiger partial charge in [-0.25, -0.2) is 4.79 Å². The summed E-state index contributed by atoms with van der Waals surface area (Å²) in [6.45, 7) is 6.22. The average molecular weight is 483 g/mol. The molecule has 0 aliphatic carbocycles. The van der Waals surface area contributed by atoms with Crippen molar-refractivity contribution in [2.45, 2.75) is 90.6 Å². The van der Waals surface area contributed by atoms with Gasteiger partial charge in [0.2, 0.25) is 0 Å². The number of hydrogen-bond donors (Lipinski definition) is 0. The average Bonchev–Trinajstić information content (AvgIpc) is 2.84. The van der Waals surface area contributed by atoms with E-state index in [1.54, 1.807) is 0 Å². The Labute approximate surface area is 214 Å². The normalized spacial score (nSPS) is 12.3. The lowest BCUT2D eigenvalue weighted by Crippen LogP contribution is -2.52. The minimum Gasteiger partial charge on any atom is -0.493 e. The van der Waals surface area contributed by atoms with Crippen molar-refractivity contribution >= 4 is 5.97 Å². The summed E-state index contributed by atoms with van der Waals surface area (Å²) < 4.78 is 12.4. The second-order valence-corrected chi connectivity index (χ2v) is 10.2. The molecule has 0 heterocycles. The van der Waals surface area contributed by atoms with E-state index in [1.165, 1.54) is 49.7 Å². The van der Waals surface area contributed by atoms with Gasteiger partial charge in [-0.1, -0.05) is 94.5 Å². The lowest BCUT2D eigenvalue weighted by atomic mass is 10.0. The standard InChI is InChI=1S/C31H48NO3/c1-5-7-8-9-10-14-21-28-22-15-16-23-30(28)34-24-17-18-25-35-31(33)29(6-2)32(3,4)26-27-19-12-11-13-20-27/h11-13,15-16,19-20,22-23,29H,5-10,14,17-18,21,24-26H2,1-4H3/q+1. The molecule has 0 aliphatic rings. The third-order valence-electron chi connectivity index (χ3n) is 6.75. The maximum atomic E-state index is 12.8. The quantitative estimate of drug-likeness (QED) is 0.127. The van der Waals surface area contributed by atoms with E-state index in [9.17, 15) is 4.79 Å². The Morgan fingerprint density at radius 2 is 1.46 bits per heavy atom. The van der Waals surface area contributed by atoms with Crippen LogP contribution < -0.4 is 4.74 Å². The minimum atomic E-state index is -0.166. The van der Waals surface area contributed by atoms with Crippen LogP contribution in [0.5, 0.6) is 5.75 Å². The van der Waals surface area contributed by atoms with E-state index in [2.05, 4.69) is 58.3 Å². The number of benzene rings is 2. The summed E-state index contributed by atoms with van der Waals surface area (Å²) in [5.74, 6) is 0.905. The van der Waals surface area contributed by atoms with Crippen LogP contribution in [0.4, 0.5) is 0 Å². The molecule has 0 amide bonds. The lowest BCUT2D eigenvalue weighted by Gasteiger charge is -2.36. The summed E-state index contributed by atoms with van der Waals surface area (Å²) >= 11 is 0. The minimum absolute atomic E-state index is 0.0985. The van der Waals surface area contributed by atoms with Crippen LogP contribution in [0.3, 0.4) is 0 Å². The maximum absolute atomic E-state index is 12.8. The number of quaternary nitrogens is 1. The number of carbonyl (C=O) groups excluding carboxylic acids is 1. The topological polar surface area (TPSA) is 35.5 Å². The molecule has 1 atom stereocenters. The molecule has 4 nitrogen and oxygen atoms in total. The first kappa shape index (κ1) is 28.9. The highest BCUT2D eigenvalue weighted by Gasteiger charge is 2.34. The van der Waals surface area contributed by atoms with Crippen molar-refractivity contribution in [3.8, 4) is 5.75 Å². The Balaban J connectivity index is 1.68. The van der Waals surface area contributed by atoms with Gasteiger partial charge in [0.1, 0.15) is 12.3 Å². The number of esters is 1. The number of hydrogen-bond acceptors (Lipinski definition) is 3. The summed E-state index contributed by atoms with van der Waals surface area (Å²) in [6, 6.07) is 18.6. The van der Waals surface area contributed by atoms with Crippen LogP contribution in [0, 0.1) is 0 Å². The molecule has 0 saturated carbocycles. The first-order chi connectivity index (χ1) is 17.0. The van der Waals surface area contributed by atoms with Gasteiger partial charge in [-0.3, -0.25) is 0 Å². The number of aryl methyl sites for hydroxylation is 1. The van der Waals surface area contributed by atoms with Crippen LogP contribution >= 0.6 is 0 Å². The highest BCUT2D eigenvalue weighted by atomic mass is 16.5. The van der Waals surface area contributed by atoms with Gasteiger partial charge in [-0.2, -0.15) is 0 Å². The molecular formula is C31H48NO3+. The fraction of sp³-hybridized carbons (Fsp3) is 0.581. The molecule has 4 heteroatoms. The van der Waals surface area contributed by atoms with Gasteiger partial charge in [0, 0.05) is 12.0 Å². The number of rotatable bonds is 18. The lowest BCUT2D eigenvalue weighted by molar-refractivity contribution is -0.919. The fourth-order valence-electron chi connectivity index (χ4n) is 4.71. The Morgan fingerprint density at radius 3 is 2.20 bits per heavy atom. The maximum Gasteiger partial charge on any atom is 0.364 e. The van der Waals surface area contributed by atoms with E-state index in [0.29, 0.717) is 17.7 Å². The van der Waals surface area contributed by atoms with Crippen LogP contribution in [-0.2, 0) is 22.5 Å². The first-order valence-electron chi connectivity index (χ1n) is 13.7. The number of nitrogens with zero attached hydrogens (tertiary/aromatic N) is 1. The Hall–Kier alpha value is -2.33. The van der Waals surface area contributed by atoms with Crippen molar-refractivity contribution in [1.29, 1.82) is 0 Å². The third kappa shape index (κ3) is 10.9. The molecule has 0 aliphatic heterocycles. The molecule has 0 fully saturated rings. The van der Waals surface area contributed by atoms with Gasteiger partial charge >= 0.3 is 5.97 Å². The summed E-state index contributed by atoms with van der Waals surface area (Å²) in [6.07, 6.45) is 11.4. The molecule has 0 bridgehead atoms. The molecule has 194 valence electrons. The van der Waals surface area contributed by atoms with Crippen LogP contribution in [0.15, 0.2) is 54.6 Å². The Morgan fingerprint density at radius 1 is 0.800 bits per heavy atom. The fourth-order valence-corrected chi connectivity index (χ4v) is 4.71. The van der Waals surface area contributed by atoms with E-state index in [0.717, 1.165) is 38.0 Å². The molecule has 2 rings (SSSR count). The molecule has 0 spiro atoms. The van der Waals surface area contributed by atoms with Gasteiger partial charge < -0.3 is 14.0 Å². The van der Waals surface area contributed by atoms with Gasteiger partial charge in [-0.15, -0.1) is 0 Å². The summed E-state index contributed by atoms with van der Waals surface area (Å²) in [5.41, 5.74) is 2.54. The van der Waals surface area contributed by atoms with Crippen LogP contribution in [-0.4, -0.2) is 43.8 Å². The molecule has 1 unspecified atom stereocenters. The van der Waals surface area contributed by atoms with Crippen molar-refractivity contribution in [2.24, 2.45) is 0 Å². The zero-order valence-corrected chi connectivity index (χ0v) is 22.6. The Kier molecular flexibility index (Phi) is 13.5. The van der Waals surface area contributed by atoms with E-state index in [-0.39, 0.29) is 12.0 Å². The van der Waals surface area contributed by atoms with Crippen LogP contribution in [0.2, 0.25) is 0 Å². The smallest absolute Gasteiger partial charge is 0.364 e. The molecule has 0 N–H and O–H groups in total. The van der Waals surface area contributed by atoms with Crippen LogP contribution in [0.1, 0.15) is 82.8 Å². The number of ether oxygens (including phenoxy) is 2. The Bertz CT molecular complexity index is 834. The molecule has 35 heavy (non-hydrogen) atoms. The van der Waals surface area contributed by atoms with Gasteiger partial charge in [0.25, 0.3) is 0 Å². The van der Waals surface area contributed by atoms with E-state index in [1.807, 2.05) is 24.3 Å². The second-order valence-electron chi connectivity index (χ2n) is 10.2. The van der Waals surface area contributed by atoms with Crippen molar-refractivity contribution in [3.05, 3.63) is 65.7 Å². The zero-order valence-electron chi connectivity index (χ0n) is 22.6. The van der Waals surface area contributed by atoms with Crippen LogP contribution in [0.25, 0.3) is 0 Å². The van der Waals surface area contributed by atoms with Gasteiger partial charge in [-0.05, 0) is 37.3 Å². The van der Waals surface area contributed by atoms with Gasteiger partial charge in [0.05, 0.1) is 27.3 Å². The van der Waals surface area contributed by atoms with Gasteiger partial charge in [0.15, 0.2) is 6.04 Å². The van der Waals surface area contributed by atoms with E-state index in [4.69, 9.17) is 9.47 Å². The first-order valence-corrected chi connectivity index (χ1v) is 13.7. The number of likely N-dealkylation sites (N-methyl/N-ethyl adjacent to an activating group) is 1. The molecular weight excluding hydrogens is 434 g/mol. The monoisotopic (exact) mass is 482 g/mol. The van der Waals surface area contributed by atoms with E-state index >= 15 is 0 Å². The predicted molar refractivity (Wildman–Crippen MR) is 146 cm³/mol. The SMILES string of the molecule is CCCCCCCCc1ccccc1OCCCCOC(=O)C(CC)[N+](C)(C)Cc1ccccc1. The molecule has 0 aromatic heterocycles. The third-order valence-corrected chi connectivity index (χ3v) is 6.75. The molecule has 0 radical (unpaired) electrons. The van der Waals surface area contributed by atoms with Crippen molar-refractivity contribution in [3.63, 3.8) is 0 Å². The highest BCUT2D eigenvalue weighted by Crippen LogP contribution is 2.22. The van der Waals surface area contributed by atoms with Crippen molar-refractivity contribution in [1.82, 2.24) is 0 Å². The summed E-state index contributed by atoms with van der Waals surface area (Å²) in [5, 5.41) is 0. The summed E-state index contributed by atoms with van der Waals surface area (Å²) in [4.78, 5) is 12.8. The number of carbonyl (C=O) groups is 1. The van der Waals surface area contributed by atoms with Crippen molar-refractivity contribution < 1.29 is 18.8 Å².